The summed E-state index contributed by atoms with van der Waals surface area (Å²) in [5, 5.41) is 0. The summed E-state index contributed by atoms with van der Waals surface area (Å²) < 4.78 is 5.50. The summed E-state index contributed by atoms with van der Waals surface area (Å²) in [6.07, 6.45) is 5.22. The zero-order valence-electron chi connectivity index (χ0n) is 9.85. The van der Waals surface area contributed by atoms with Gasteiger partial charge < -0.3 is 4.74 Å². The molecule has 0 aromatic carbocycles. The predicted molar refractivity (Wildman–Crippen MR) is 64.9 cm³/mol. The number of alkyl halides is 1. The van der Waals surface area contributed by atoms with Crippen molar-refractivity contribution in [2.45, 2.75) is 56.9 Å². The van der Waals surface area contributed by atoms with Crippen LogP contribution < -0.4 is 0 Å². The number of hydrogen-bond acceptors (Lipinski definition) is 1. The lowest BCUT2D eigenvalue weighted by Gasteiger charge is -2.36. The van der Waals surface area contributed by atoms with Gasteiger partial charge in [-0.3, -0.25) is 0 Å². The summed E-state index contributed by atoms with van der Waals surface area (Å²) in [7, 11) is 1.81. The summed E-state index contributed by atoms with van der Waals surface area (Å²) in [5.74, 6) is 1.68. The minimum absolute atomic E-state index is 0.0355. The van der Waals surface area contributed by atoms with E-state index in [0.717, 1.165) is 11.8 Å². The summed E-state index contributed by atoms with van der Waals surface area (Å²) in [5.41, 5.74) is 0.0355. The Morgan fingerprint density at radius 3 is 2.57 bits per heavy atom. The molecule has 2 heteroatoms. The molecule has 0 aliphatic heterocycles. The van der Waals surface area contributed by atoms with E-state index in [0.29, 0.717) is 4.83 Å². The molecular formula is C12H23BrO. The second-order valence-electron chi connectivity index (χ2n) is 5.36. The zero-order valence-corrected chi connectivity index (χ0v) is 11.4. The van der Waals surface area contributed by atoms with E-state index in [9.17, 15) is 0 Å². The molecule has 0 aromatic rings. The normalized spacial score (nSPS) is 34.5. The molecule has 0 radical (unpaired) electrons. The van der Waals surface area contributed by atoms with E-state index < -0.39 is 0 Å². The van der Waals surface area contributed by atoms with Gasteiger partial charge in [-0.05, 0) is 51.4 Å². The Labute approximate surface area is 96.7 Å². The minimum Gasteiger partial charge on any atom is -0.379 e. The maximum absolute atomic E-state index is 5.50. The van der Waals surface area contributed by atoms with Crippen LogP contribution in [0.25, 0.3) is 0 Å². The summed E-state index contributed by atoms with van der Waals surface area (Å²) >= 11 is 3.81. The fourth-order valence-electron chi connectivity index (χ4n) is 2.39. The highest BCUT2D eigenvalue weighted by molar-refractivity contribution is 9.09. The van der Waals surface area contributed by atoms with Crippen LogP contribution in [0.1, 0.15) is 46.5 Å². The van der Waals surface area contributed by atoms with E-state index >= 15 is 0 Å². The van der Waals surface area contributed by atoms with Crippen molar-refractivity contribution in [3.63, 3.8) is 0 Å². The summed E-state index contributed by atoms with van der Waals surface area (Å²) in [6.45, 7) is 6.74. The Hall–Kier alpha value is 0.440. The molecule has 0 amide bonds. The highest BCUT2D eigenvalue weighted by atomic mass is 79.9. The van der Waals surface area contributed by atoms with Crippen LogP contribution in [0.3, 0.4) is 0 Å². The lowest BCUT2D eigenvalue weighted by Crippen LogP contribution is -2.33. The first kappa shape index (κ1) is 12.5. The average Bonchev–Trinajstić information content (AvgIpc) is 2.11. The number of methoxy groups -OCH3 is 1. The molecule has 1 rings (SSSR count). The van der Waals surface area contributed by atoms with Gasteiger partial charge in [-0.15, -0.1) is 0 Å². The molecule has 84 valence electrons. The van der Waals surface area contributed by atoms with Crippen molar-refractivity contribution in [1.29, 1.82) is 0 Å². The standard InChI is InChI=1S/C12H23BrO/c1-9-5-6-11(13)10(7-9)8-12(2,3)14-4/h9-11H,5-8H2,1-4H3. The molecule has 3 atom stereocenters. The van der Waals surface area contributed by atoms with Gasteiger partial charge in [0.15, 0.2) is 0 Å². The molecule has 3 unspecified atom stereocenters. The van der Waals surface area contributed by atoms with Crippen LogP contribution in [0.5, 0.6) is 0 Å². The second-order valence-corrected chi connectivity index (χ2v) is 6.54. The lowest BCUT2D eigenvalue weighted by molar-refractivity contribution is -0.00349. The average molecular weight is 263 g/mol. The lowest BCUT2D eigenvalue weighted by atomic mass is 9.77. The first-order chi connectivity index (χ1) is 6.44. The van der Waals surface area contributed by atoms with Crippen molar-refractivity contribution in [2.75, 3.05) is 7.11 Å². The smallest absolute Gasteiger partial charge is 0.0625 e. The Morgan fingerprint density at radius 2 is 2.00 bits per heavy atom. The number of ether oxygens (including phenoxy) is 1. The molecule has 1 aliphatic rings. The van der Waals surface area contributed by atoms with Crippen molar-refractivity contribution >= 4 is 15.9 Å². The summed E-state index contributed by atoms with van der Waals surface area (Å²) in [6, 6.07) is 0. The van der Waals surface area contributed by atoms with Crippen LogP contribution in [-0.2, 0) is 4.74 Å². The van der Waals surface area contributed by atoms with E-state index in [1.807, 2.05) is 7.11 Å². The van der Waals surface area contributed by atoms with Gasteiger partial charge in [-0.1, -0.05) is 22.9 Å². The highest BCUT2D eigenvalue weighted by Gasteiger charge is 2.31. The summed E-state index contributed by atoms with van der Waals surface area (Å²) in [4.78, 5) is 0.702. The van der Waals surface area contributed by atoms with Gasteiger partial charge in [0.2, 0.25) is 0 Å². The number of halogens is 1. The maximum atomic E-state index is 5.50. The topological polar surface area (TPSA) is 9.23 Å². The predicted octanol–water partition coefficient (Wildman–Crippen LogP) is 4.00. The fourth-order valence-corrected chi connectivity index (χ4v) is 3.05. The van der Waals surface area contributed by atoms with E-state index in [1.165, 1.54) is 25.7 Å². The van der Waals surface area contributed by atoms with Gasteiger partial charge in [0, 0.05) is 11.9 Å². The van der Waals surface area contributed by atoms with Crippen molar-refractivity contribution in [3.05, 3.63) is 0 Å². The van der Waals surface area contributed by atoms with Crippen molar-refractivity contribution in [3.8, 4) is 0 Å². The van der Waals surface area contributed by atoms with Crippen LogP contribution in [0, 0.1) is 11.8 Å². The Morgan fingerprint density at radius 1 is 1.36 bits per heavy atom. The van der Waals surface area contributed by atoms with Gasteiger partial charge in [0.25, 0.3) is 0 Å². The van der Waals surface area contributed by atoms with E-state index in [-0.39, 0.29) is 5.60 Å². The second kappa shape index (κ2) is 4.98. The van der Waals surface area contributed by atoms with E-state index in [2.05, 4.69) is 36.7 Å². The molecule has 0 heterocycles. The number of rotatable bonds is 3. The fraction of sp³-hybridized carbons (Fsp3) is 1.00. The van der Waals surface area contributed by atoms with Crippen LogP contribution >= 0.6 is 15.9 Å². The molecule has 1 saturated carbocycles. The third kappa shape index (κ3) is 3.54. The van der Waals surface area contributed by atoms with Gasteiger partial charge >= 0.3 is 0 Å². The highest BCUT2D eigenvalue weighted by Crippen LogP contribution is 2.38. The molecule has 14 heavy (non-hydrogen) atoms. The van der Waals surface area contributed by atoms with Crippen LogP contribution in [0.15, 0.2) is 0 Å². The molecule has 0 N–H and O–H groups in total. The quantitative estimate of drug-likeness (QED) is 0.699. The van der Waals surface area contributed by atoms with Crippen molar-refractivity contribution < 1.29 is 4.74 Å². The Kier molecular flexibility index (Phi) is 4.45. The zero-order chi connectivity index (χ0) is 10.8. The monoisotopic (exact) mass is 262 g/mol. The largest absolute Gasteiger partial charge is 0.379 e. The molecule has 0 saturated heterocycles. The van der Waals surface area contributed by atoms with E-state index in [4.69, 9.17) is 4.74 Å². The van der Waals surface area contributed by atoms with Gasteiger partial charge in [0.1, 0.15) is 0 Å². The molecule has 0 bridgehead atoms. The van der Waals surface area contributed by atoms with Gasteiger partial charge in [-0.2, -0.15) is 0 Å². The molecule has 0 aromatic heterocycles. The van der Waals surface area contributed by atoms with Crippen LogP contribution in [0.4, 0.5) is 0 Å². The molecule has 0 spiro atoms. The third-order valence-corrected chi connectivity index (χ3v) is 4.66. The van der Waals surface area contributed by atoms with Gasteiger partial charge in [0.05, 0.1) is 5.60 Å². The Bertz CT molecular complexity index is 179. The first-order valence-electron chi connectivity index (χ1n) is 5.64. The first-order valence-corrected chi connectivity index (χ1v) is 6.55. The molecule has 1 nitrogen and oxygen atoms in total. The van der Waals surface area contributed by atoms with Crippen LogP contribution in [0.2, 0.25) is 0 Å². The third-order valence-electron chi connectivity index (χ3n) is 3.46. The molecule has 1 aliphatic carbocycles. The SMILES string of the molecule is COC(C)(C)CC1CC(C)CCC1Br. The molecular weight excluding hydrogens is 240 g/mol. The number of hydrogen-bond donors (Lipinski definition) is 0. The van der Waals surface area contributed by atoms with Crippen LogP contribution in [-0.4, -0.2) is 17.5 Å². The van der Waals surface area contributed by atoms with Gasteiger partial charge in [-0.25, -0.2) is 0 Å². The minimum atomic E-state index is 0.0355. The van der Waals surface area contributed by atoms with Crippen molar-refractivity contribution in [2.24, 2.45) is 11.8 Å². The maximum Gasteiger partial charge on any atom is 0.0625 e. The Balaban J connectivity index is 2.49. The van der Waals surface area contributed by atoms with E-state index in [1.54, 1.807) is 0 Å². The molecule has 1 fully saturated rings. The van der Waals surface area contributed by atoms with Crippen molar-refractivity contribution in [1.82, 2.24) is 0 Å².